The number of hydrogen-bond acceptors (Lipinski definition) is 8. The number of fused-ring (bicyclic) bond motifs is 1. The summed E-state index contributed by atoms with van der Waals surface area (Å²) >= 11 is 0. The van der Waals surface area contributed by atoms with Gasteiger partial charge in [0.15, 0.2) is 12.0 Å². The molecule has 1 aromatic carbocycles. The van der Waals surface area contributed by atoms with Gasteiger partial charge < -0.3 is 4.90 Å². The van der Waals surface area contributed by atoms with E-state index in [4.69, 9.17) is 5.26 Å². The summed E-state index contributed by atoms with van der Waals surface area (Å²) < 4.78 is 40.8. The minimum Gasteiger partial charge on any atom is -0.349 e. The lowest BCUT2D eigenvalue weighted by atomic mass is 9.96. The Morgan fingerprint density at radius 2 is 1.85 bits per heavy atom. The van der Waals surface area contributed by atoms with Gasteiger partial charge in [0.25, 0.3) is 5.91 Å². The number of nitrogens with one attached hydrogen (secondary N) is 1. The summed E-state index contributed by atoms with van der Waals surface area (Å²) in [7, 11) is 1.56. The number of rotatable bonds is 5. The molecule has 3 atom stereocenters. The summed E-state index contributed by atoms with van der Waals surface area (Å²) in [5, 5.41) is 20.6. The fraction of sp³-hybridized carbons (Fsp3) is 0.385. The van der Waals surface area contributed by atoms with Crippen LogP contribution in [-0.2, 0) is 18.0 Å². The van der Waals surface area contributed by atoms with Crippen molar-refractivity contribution in [1.82, 2.24) is 24.8 Å². The van der Waals surface area contributed by atoms with E-state index in [0.29, 0.717) is 35.4 Å². The first-order chi connectivity index (χ1) is 18.5. The molecule has 1 amide bonds. The monoisotopic (exact) mass is 538 g/mol. The van der Waals surface area contributed by atoms with E-state index in [1.165, 1.54) is 22.8 Å². The quantitative estimate of drug-likeness (QED) is 0.388. The molecule has 3 aromatic rings. The number of aromatic nitrogens is 3. The second-order valence-electron chi connectivity index (χ2n) is 9.34. The Morgan fingerprint density at radius 1 is 1.15 bits per heavy atom. The zero-order valence-corrected chi connectivity index (χ0v) is 21.4. The van der Waals surface area contributed by atoms with Crippen LogP contribution in [0.15, 0.2) is 41.2 Å². The number of benzene rings is 1. The molecule has 4 rings (SSSR count). The molecule has 202 valence electrons. The molecule has 1 saturated heterocycles. The van der Waals surface area contributed by atoms with Crippen molar-refractivity contribution < 1.29 is 18.0 Å². The van der Waals surface area contributed by atoms with Crippen LogP contribution in [0.25, 0.3) is 11.0 Å². The molecule has 1 aliphatic rings. The van der Waals surface area contributed by atoms with Gasteiger partial charge in [-0.1, -0.05) is 19.1 Å². The first-order valence-corrected chi connectivity index (χ1v) is 12.2. The highest BCUT2D eigenvalue weighted by Gasteiger charge is 2.40. The number of carbonyl (C=O) groups is 1. The molecule has 1 N–H and O–H groups in total. The number of piperazine rings is 1. The molecular weight excluding hydrogens is 513 g/mol. The van der Waals surface area contributed by atoms with E-state index >= 15 is 0 Å². The number of hydrogen-bond donors (Lipinski definition) is 1. The van der Waals surface area contributed by atoms with Crippen molar-refractivity contribution in [2.45, 2.75) is 44.6 Å². The fourth-order valence-corrected chi connectivity index (χ4v) is 4.98. The molecule has 0 radical (unpaired) electrons. The topological polar surface area (TPSA) is 131 Å². The molecular formula is C26H25F3N8O2. The molecule has 1 fully saturated rings. The van der Waals surface area contributed by atoms with Crippen molar-refractivity contribution in [2.75, 3.05) is 18.0 Å². The minimum absolute atomic E-state index is 0.165. The standard InChI is InChI=1S/C26H25F3N8O2/c1-4-19-13-36(23-21-20(35(3)25(39)34-23)10-9-18(11-30)33-21)15(2)12-37(19)22(24(38)32-14-31)16-5-7-17(8-6-16)26(27,28)29/h5-10,15,19,22H,4,12-13H2,1-3H3,(H,32,38)/t15-,19+,22?/m0/s1. The second kappa shape index (κ2) is 10.7. The third-order valence-electron chi connectivity index (χ3n) is 6.99. The molecule has 0 saturated carbocycles. The van der Waals surface area contributed by atoms with Crippen molar-refractivity contribution in [3.8, 4) is 12.3 Å². The van der Waals surface area contributed by atoms with Crippen molar-refractivity contribution in [1.29, 1.82) is 10.5 Å². The van der Waals surface area contributed by atoms with E-state index < -0.39 is 29.4 Å². The highest BCUT2D eigenvalue weighted by molar-refractivity contribution is 5.87. The van der Waals surface area contributed by atoms with Gasteiger partial charge in [-0.25, -0.2) is 9.78 Å². The highest BCUT2D eigenvalue weighted by Crippen LogP contribution is 2.35. The second-order valence-corrected chi connectivity index (χ2v) is 9.34. The summed E-state index contributed by atoms with van der Waals surface area (Å²) in [5.74, 6) is -0.350. The Bertz CT molecular complexity index is 1540. The minimum atomic E-state index is -4.53. The first kappa shape index (κ1) is 27.5. The molecule has 2 aromatic heterocycles. The zero-order chi connectivity index (χ0) is 28.5. The Hall–Kier alpha value is -4.49. The van der Waals surface area contributed by atoms with Gasteiger partial charge in [0.05, 0.1) is 11.1 Å². The summed E-state index contributed by atoms with van der Waals surface area (Å²) in [6.07, 6.45) is -2.37. The number of nitriles is 2. The van der Waals surface area contributed by atoms with E-state index in [2.05, 4.69) is 15.3 Å². The number of anilines is 1. The van der Waals surface area contributed by atoms with Crippen molar-refractivity contribution in [3.05, 3.63) is 63.7 Å². The number of halogens is 3. The Labute approximate surface area is 221 Å². The molecule has 39 heavy (non-hydrogen) atoms. The van der Waals surface area contributed by atoms with Gasteiger partial charge >= 0.3 is 11.9 Å². The van der Waals surface area contributed by atoms with E-state index in [9.17, 15) is 28.0 Å². The average Bonchev–Trinajstić information content (AvgIpc) is 2.91. The lowest BCUT2D eigenvalue weighted by Crippen LogP contribution is -2.60. The summed E-state index contributed by atoms with van der Waals surface area (Å²) in [5.41, 5.74) is 0.0208. The SMILES string of the molecule is CC[C@@H]1CN(c2nc(=O)n(C)c3ccc(C#N)nc23)[C@@H](C)CN1C(C(=O)NC#N)c1ccc(C(F)(F)F)cc1. The number of carbonyl (C=O) groups excluding carboxylic acids is 1. The molecule has 1 aliphatic heterocycles. The fourth-order valence-electron chi connectivity index (χ4n) is 4.98. The number of amides is 1. The smallest absolute Gasteiger partial charge is 0.349 e. The Kier molecular flexibility index (Phi) is 7.56. The highest BCUT2D eigenvalue weighted by atomic mass is 19.4. The van der Waals surface area contributed by atoms with Crippen LogP contribution in [0.4, 0.5) is 19.0 Å². The van der Waals surface area contributed by atoms with Gasteiger partial charge in [0.2, 0.25) is 0 Å². The molecule has 3 heterocycles. The molecule has 0 aliphatic carbocycles. The van der Waals surface area contributed by atoms with Gasteiger partial charge in [-0.2, -0.15) is 28.7 Å². The molecule has 13 heteroatoms. The average molecular weight is 539 g/mol. The van der Waals surface area contributed by atoms with Crippen LogP contribution in [0.3, 0.4) is 0 Å². The summed E-state index contributed by atoms with van der Waals surface area (Å²) in [6, 6.07) is 7.81. The van der Waals surface area contributed by atoms with Gasteiger partial charge in [-0.3, -0.25) is 19.6 Å². The van der Waals surface area contributed by atoms with E-state index in [1.54, 1.807) is 19.3 Å². The van der Waals surface area contributed by atoms with Crippen LogP contribution in [0.1, 0.15) is 43.1 Å². The Morgan fingerprint density at radius 3 is 2.44 bits per heavy atom. The van der Waals surface area contributed by atoms with Crippen LogP contribution in [0.5, 0.6) is 0 Å². The maximum Gasteiger partial charge on any atom is 0.416 e. The van der Waals surface area contributed by atoms with E-state index in [1.807, 2.05) is 29.7 Å². The van der Waals surface area contributed by atoms with Gasteiger partial charge in [0, 0.05) is 32.2 Å². The molecule has 0 bridgehead atoms. The third kappa shape index (κ3) is 5.26. The maximum absolute atomic E-state index is 13.1. The number of alkyl halides is 3. The first-order valence-electron chi connectivity index (χ1n) is 12.2. The molecule has 0 spiro atoms. The predicted molar refractivity (Wildman–Crippen MR) is 135 cm³/mol. The number of pyridine rings is 1. The van der Waals surface area contributed by atoms with Crippen LogP contribution >= 0.6 is 0 Å². The largest absolute Gasteiger partial charge is 0.416 e. The van der Waals surface area contributed by atoms with Crippen molar-refractivity contribution in [2.24, 2.45) is 7.05 Å². The normalized spacial score (nSPS) is 18.8. The summed E-state index contributed by atoms with van der Waals surface area (Å²) in [6.45, 7) is 4.34. The van der Waals surface area contributed by atoms with Crippen molar-refractivity contribution in [3.63, 3.8) is 0 Å². The zero-order valence-electron chi connectivity index (χ0n) is 21.4. The van der Waals surface area contributed by atoms with E-state index in [-0.39, 0.29) is 24.3 Å². The Balaban J connectivity index is 1.76. The van der Waals surface area contributed by atoms with E-state index in [0.717, 1.165) is 12.1 Å². The number of aryl methyl sites for hydroxylation is 1. The maximum atomic E-state index is 13.1. The van der Waals surface area contributed by atoms with Crippen LogP contribution < -0.4 is 15.9 Å². The van der Waals surface area contributed by atoms with Gasteiger partial charge in [-0.05, 0) is 43.2 Å². The van der Waals surface area contributed by atoms with Gasteiger partial charge in [0.1, 0.15) is 23.3 Å². The van der Waals surface area contributed by atoms with Crippen molar-refractivity contribution >= 4 is 22.8 Å². The lowest BCUT2D eigenvalue weighted by molar-refractivity contribution is -0.137. The molecule has 10 nitrogen and oxygen atoms in total. The summed E-state index contributed by atoms with van der Waals surface area (Å²) in [4.78, 5) is 38.2. The number of nitrogens with zero attached hydrogens (tertiary/aromatic N) is 7. The van der Waals surface area contributed by atoms with Crippen LogP contribution in [-0.4, -0.2) is 50.5 Å². The van der Waals surface area contributed by atoms with Gasteiger partial charge in [-0.15, -0.1) is 0 Å². The van der Waals surface area contributed by atoms with Crippen LogP contribution in [0, 0.1) is 22.8 Å². The van der Waals surface area contributed by atoms with Crippen LogP contribution in [0.2, 0.25) is 0 Å². The predicted octanol–water partition coefficient (Wildman–Crippen LogP) is 2.85. The third-order valence-corrected chi connectivity index (χ3v) is 6.99. The molecule has 1 unspecified atom stereocenters. The lowest BCUT2D eigenvalue weighted by Gasteiger charge is -2.48.